The lowest BCUT2D eigenvalue weighted by Crippen LogP contribution is -2.32. The average Bonchev–Trinajstić information content (AvgIpc) is 2.75. The van der Waals surface area contributed by atoms with Crippen molar-refractivity contribution in [1.82, 2.24) is 0 Å². The summed E-state index contributed by atoms with van der Waals surface area (Å²) in [5.41, 5.74) is -0.0783. The molecule has 1 amide bonds. The number of rotatable bonds is 9. The van der Waals surface area contributed by atoms with Crippen molar-refractivity contribution >= 4 is 44.9 Å². The molecule has 2 aromatic rings. The Labute approximate surface area is 198 Å². The van der Waals surface area contributed by atoms with E-state index in [1.807, 2.05) is 0 Å². The van der Waals surface area contributed by atoms with E-state index in [-0.39, 0.29) is 40.0 Å². The number of nitrogens with one attached hydrogen (secondary N) is 2. The highest BCUT2D eigenvalue weighted by Crippen LogP contribution is 2.42. The number of para-hydroxylation sites is 2. The van der Waals surface area contributed by atoms with E-state index in [9.17, 15) is 23.1 Å². The van der Waals surface area contributed by atoms with Crippen molar-refractivity contribution in [1.29, 1.82) is 0 Å². The van der Waals surface area contributed by atoms with E-state index in [1.54, 1.807) is 24.3 Å². The topological polar surface area (TPSA) is 122 Å². The van der Waals surface area contributed by atoms with E-state index in [4.69, 9.17) is 16.3 Å². The Balaban J connectivity index is 1.79. The Bertz CT molecular complexity index is 1130. The van der Waals surface area contributed by atoms with Gasteiger partial charge in [-0.2, -0.15) is 0 Å². The van der Waals surface area contributed by atoms with Gasteiger partial charge in [-0.1, -0.05) is 43.0 Å². The van der Waals surface area contributed by atoms with Crippen molar-refractivity contribution in [2.24, 2.45) is 5.41 Å². The minimum atomic E-state index is -4.08. The molecule has 0 aromatic heterocycles. The molecule has 1 aliphatic carbocycles. The standard InChI is InChI=1S/C23H27ClN2O6S/c1-32-19-8-4-3-7-18(19)26-33(30,31)20-13-16(9-10-17(20)24)25-21(27)14-23(15-22(28)29)11-5-2-6-12-23/h3-4,7-10,13,26H,2,5-6,11-12,14-15H2,1H3,(H,25,27)(H,28,29). The summed E-state index contributed by atoms with van der Waals surface area (Å²) in [5, 5.41) is 12.0. The number of sulfonamides is 1. The van der Waals surface area contributed by atoms with Crippen LogP contribution in [0.4, 0.5) is 11.4 Å². The summed E-state index contributed by atoms with van der Waals surface area (Å²) in [6.07, 6.45) is 4.15. The minimum absolute atomic E-state index is 0.00924. The Morgan fingerprint density at radius 1 is 1.09 bits per heavy atom. The smallest absolute Gasteiger partial charge is 0.303 e. The van der Waals surface area contributed by atoms with Crippen LogP contribution in [-0.2, 0) is 19.6 Å². The molecule has 0 aliphatic heterocycles. The third kappa shape index (κ3) is 6.39. The van der Waals surface area contributed by atoms with Crippen LogP contribution in [0.2, 0.25) is 5.02 Å². The van der Waals surface area contributed by atoms with Crippen molar-refractivity contribution in [3.63, 3.8) is 0 Å². The molecule has 0 radical (unpaired) electrons. The summed E-state index contributed by atoms with van der Waals surface area (Å²) in [6, 6.07) is 10.7. The number of ether oxygens (including phenoxy) is 1. The summed E-state index contributed by atoms with van der Waals surface area (Å²) < 4.78 is 33.6. The molecule has 0 heterocycles. The monoisotopic (exact) mass is 494 g/mol. The molecule has 2 aromatic carbocycles. The molecule has 10 heteroatoms. The summed E-state index contributed by atoms with van der Waals surface area (Å²) in [6.45, 7) is 0. The van der Waals surface area contributed by atoms with Crippen molar-refractivity contribution < 1.29 is 27.9 Å². The summed E-state index contributed by atoms with van der Waals surface area (Å²) in [4.78, 5) is 23.9. The molecule has 3 rings (SSSR count). The van der Waals surface area contributed by atoms with Gasteiger partial charge in [0.25, 0.3) is 10.0 Å². The van der Waals surface area contributed by atoms with Gasteiger partial charge in [0.05, 0.1) is 24.2 Å². The summed E-state index contributed by atoms with van der Waals surface area (Å²) in [5.74, 6) is -0.939. The second-order valence-corrected chi connectivity index (χ2v) is 10.4. The number of aliphatic carboxylic acids is 1. The number of carboxylic acids is 1. The molecule has 1 saturated carbocycles. The second-order valence-electron chi connectivity index (χ2n) is 8.31. The van der Waals surface area contributed by atoms with E-state index >= 15 is 0 Å². The molecule has 0 spiro atoms. The first-order valence-electron chi connectivity index (χ1n) is 10.6. The van der Waals surface area contributed by atoms with Gasteiger partial charge in [-0.15, -0.1) is 0 Å². The zero-order valence-electron chi connectivity index (χ0n) is 18.3. The maximum atomic E-state index is 13.0. The maximum Gasteiger partial charge on any atom is 0.303 e. The van der Waals surface area contributed by atoms with Crippen LogP contribution < -0.4 is 14.8 Å². The number of benzene rings is 2. The molecule has 3 N–H and O–H groups in total. The molecule has 0 saturated heterocycles. The molecular formula is C23H27ClN2O6S. The molecule has 0 bridgehead atoms. The Morgan fingerprint density at radius 2 is 1.79 bits per heavy atom. The van der Waals surface area contributed by atoms with Gasteiger partial charge >= 0.3 is 5.97 Å². The van der Waals surface area contributed by atoms with Crippen LogP contribution in [0.3, 0.4) is 0 Å². The fourth-order valence-corrected chi connectivity index (χ4v) is 5.90. The lowest BCUT2D eigenvalue weighted by molar-refractivity contribution is -0.140. The van der Waals surface area contributed by atoms with Crippen molar-refractivity contribution in [2.75, 3.05) is 17.1 Å². The molecular weight excluding hydrogens is 468 g/mol. The fraction of sp³-hybridized carbons (Fsp3) is 0.391. The predicted molar refractivity (Wildman–Crippen MR) is 126 cm³/mol. The lowest BCUT2D eigenvalue weighted by Gasteiger charge is -2.35. The normalized spacial score (nSPS) is 15.5. The number of hydrogen-bond donors (Lipinski definition) is 3. The zero-order chi connectivity index (χ0) is 24.1. The lowest BCUT2D eigenvalue weighted by atomic mass is 9.69. The van der Waals surface area contributed by atoms with Crippen LogP contribution in [0.25, 0.3) is 0 Å². The first-order valence-corrected chi connectivity index (χ1v) is 12.5. The van der Waals surface area contributed by atoms with Crippen LogP contribution in [-0.4, -0.2) is 32.5 Å². The highest BCUT2D eigenvalue weighted by molar-refractivity contribution is 7.92. The van der Waals surface area contributed by atoms with Gasteiger partial charge in [-0.3, -0.25) is 14.3 Å². The van der Waals surface area contributed by atoms with Crippen LogP contribution >= 0.6 is 11.6 Å². The highest BCUT2D eigenvalue weighted by atomic mass is 35.5. The first kappa shape index (κ1) is 24.9. The number of carboxylic acid groups (broad SMARTS) is 1. The minimum Gasteiger partial charge on any atom is -0.495 e. The molecule has 8 nitrogen and oxygen atoms in total. The second kappa shape index (κ2) is 10.4. The molecule has 0 unspecified atom stereocenters. The van der Waals surface area contributed by atoms with Gasteiger partial charge in [-0.05, 0) is 48.6 Å². The van der Waals surface area contributed by atoms with Gasteiger partial charge < -0.3 is 15.2 Å². The predicted octanol–water partition coefficient (Wildman–Crippen LogP) is 4.90. The number of carbonyl (C=O) groups excluding carboxylic acids is 1. The van der Waals surface area contributed by atoms with Crippen molar-refractivity contribution in [3.05, 3.63) is 47.5 Å². The fourth-order valence-electron chi connectivity index (χ4n) is 4.30. The van der Waals surface area contributed by atoms with E-state index in [1.165, 1.54) is 25.3 Å². The molecule has 1 fully saturated rings. The largest absolute Gasteiger partial charge is 0.495 e. The molecule has 0 atom stereocenters. The molecule has 178 valence electrons. The first-order chi connectivity index (χ1) is 15.6. The number of halogens is 1. The highest BCUT2D eigenvalue weighted by Gasteiger charge is 2.36. The van der Waals surface area contributed by atoms with E-state index in [2.05, 4.69) is 10.0 Å². The SMILES string of the molecule is COc1ccccc1NS(=O)(=O)c1cc(NC(=O)CC2(CC(=O)O)CCCCC2)ccc1Cl. The van der Waals surface area contributed by atoms with Crippen LogP contribution in [0.1, 0.15) is 44.9 Å². The number of hydrogen-bond acceptors (Lipinski definition) is 5. The Kier molecular flexibility index (Phi) is 7.86. The van der Waals surface area contributed by atoms with Crippen LogP contribution in [0.15, 0.2) is 47.4 Å². The van der Waals surface area contributed by atoms with E-state index < -0.39 is 21.4 Å². The van der Waals surface area contributed by atoms with Gasteiger partial charge in [0.1, 0.15) is 10.6 Å². The van der Waals surface area contributed by atoms with Crippen LogP contribution in [0, 0.1) is 5.41 Å². The quantitative estimate of drug-likeness (QED) is 0.455. The number of methoxy groups -OCH3 is 1. The Hall–Kier alpha value is -2.78. The number of carbonyl (C=O) groups is 2. The Morgan fingerprint density at radius 3 is 2.45 bits per heavy atom. The number of anilines is 2. The maximum absolute atomic E-state index is 13.0. The van der Waals surface area contributed by atoms with Gasteiger partial charge in [0, 0.05) is 12.1 Å². The van der Waals surface area contributed by atoms with E-state index in [0.29, 0.717) is 18.6 Å². The number of amides is 1. The van der Waals surface area contributed by atoms with Gasteiger partial charge in [0.15, 0.2) is 0 Å². The van der Waals surface area contributed by atoms with Crippen molar-refractivity contribution in [3.8, 4) is 5.75 Å². The zero-order valence-corrected chi connectivity index (χ0v) is 19.8. The van der Waals surface area contributed by atoms with Crippen LogP contribution in [0.5, 0.6) is 5.75 Å². The third-order valence-corrected chi connectivity index (χ3v) is 7.68. The average molecular weight is 495 g/mol. The van der Waals surface area contributed by atoms with Gasteiger partial charge in [-0.25, -0.2) is 8.42 Å². The molecule has 1 aliphatic rings. The van der Waals surface area contributed by atoms with Crippen molar-refractivity contribution in [2.45, 2.75) is 49.8 Å². The summed E-state index contributed by atoms with van der Waals surface area (Å²) in [7, 11) is -2.65. The summed E-state index contributed by atoms with van der Waals surface area (Å²) >= 11 is 6.16. The van der Waals surface area contributed by atoms with Gasteiger partial charge in [0.2, 0.25) is 5.91 Å². The van der Waals surface area contributed by atoms with E-state index in [0.717, 1.165) is 19.3 Å². The third-order valence-electron chi connectivity index (χ3n) is 5.83. The molecule has 33 heavy (non-hydrogen) atoms.